The van der Waals surface area contributed by atoms with E-state index in [0.29, 0.717) is 30.9 Å². The van der Waals surface area contributed by atoms with Crippen molar-refractivity contribution in [3.63, 3.8) is 0 Å². The molecule has 31 heavy (non-hydrogen) atoms. The fourth-order valence-electron chi connectivity index (χ4n) is 4.11. The number of carbonyl (C=O) groups is 3. The number of hydrogen-bond acceptors (Lipinski definition) is 4. The summed E-state index contributed by atoms with van der Waals surface area (Å²) in [5.74, 6) is -0.426. The predicted octanol–water partition coefficient (Wildman–Crippen LogP) is 1.63. The molecule has 0 saturated heterocycles. The Kier molecular flexibility index (Phi) is 6.40. The lowest BCUT2D eigenvalue weighted by molar-refractivity contribution is -0.141. The van der Waals surface area contributed by atoms with Crippen LogP contribution in [0.3, 0.4) is 0 Å². The number of carbonyl (C=O) groups excluding carboxylic acids is 3. The second kappa shape index (κ2) is 8.70. The minimum atomic E-state index is -1.06. The lowest BCUT2D eigenvalue weighted by Crippen LogP contribution is -2.56. The third-order valence-corrected chi connectivity index (χ3v) is 5.99. The first-order chi connectivity index (χ1) is 14.6. The average Bonchev–Trinajstić information content (AvgIpc) is 3.05. The van der Waals surface area contributed by atoms with Crippen LogP contribution in [0.2, 0.25) is 0 Å². The van der Waals surface area contributed by atoms with Crippen LogP contribution in [0.4, 0.5) is 4.79 Å². The molecule has 0 bridgehead atoms. The minimum absolute atomic E-state index is 0.211. The van der Waals surface area contributed by atoms with Gasteiger partial charge in [0.25, 0.3) is 5.91 Å². The maximum Gasteiger partial charge on any atom is 0.322 e. The average molecular weight is 428 g/mol. The molecule has 8 heteroatoms. The standard InChI is InChI=1S/C23H33N5O3/c1-7-27-17-14-28(23(3,4)21(30)24-11-12-26(5)6)20(29)18(17)19(25-22(27)31)16-10-8-9-15(2)13-16/h8-10,13,19H,7,11-12,14H2,1-6H3,(H,24,30)(H,25,31). The van der Waals surface area contributed by atoms with Crippen molar-refractivity contribution in [3.8, 4) is 0 Å². The fraction of sp³-hybridized carbons (Fsp3) is 0.522. The van der Waals surface area contributed by atoms with Gasteiger partial charge >= 0.3 is 6.03 Å². The maximum atomic E-state index is 13.6. The molecule has 168 valence electrons. The molecular weight excluding hydrogens is 394 g/mol. The van der Waals surface area contributed by atoms with E-state index in [2.05, 4.69) is 10.6 Å². The van der Waals surface area contributed by atoms with Crippen LogP contribution in [0.25, 0.3) is 0 Å². The molecule has 0 saturated carbocycles. The van der Waals surface area contributed by atoms with Crippen LogP contribution in [0.5, 0.6) is 0 Å². The lowest BCUT2D eigenvalue weighted by atomic mass is 9.94. The highest BCUT2D eigenvalue weighted by Gasteiger charge is 2.49. The fourth-order valence-corrected chi connectivity index (χ4v) is 4.11. The Morgan fingerprint density at radius 2 is 2.00 bits per heavy atom. The van der Waals surface area contributed by atoms with Crippen molar-refractivity contribution in [1.82, 2.24) is 25.3 Å². The van der Waals surface area contributed by atoms with Crippen LogP contribution in [-0.2, 0) is 9.59 Å². The molecule has 2 heterocycles. The molecule has 4 amide bonds. The molecular formula is C23H33N5O3. The summed E-state index contributed by atoms with van der Waals surface area (Å²) in [4.78, 5) is 44.5. The number of likely N-dealkylation sites (N-methyl/N-ethyl adjacent to an activating group) is 2. The van der Waals surface area contributed by atoms with E-state index in [1.54, 1.807) is 23.6 Å². The van der Waals surface area contributed by atoms with Crippen molar-refractivity contribution >= 4 is 17.8 Å². The van der Waals surface area contributed by atoms with E-state index < -0.39 is 11.6 Å². The van der Waals surface area contributed by atoms with Gasteiger partial charge in [-0.3, -0.25) is 14.5 Å². The summed E-state index contributed by atoms with van der Waals surface area (Å²) < 4.78 is 0. The van der Waals surface area contributed by atoms with E-state index in [1.807, 2.05) is 57.1 Å². The van der Waals surface area contributed by atoms with Gasteiger partial charge < -0.3 is 20.4 Å². The molecule has 2 aliphatic rings. The first-order valence-electron chi connectivity index (χ1n) is 10.7. The third-order valence-electron chi connectivity index (χ3n) is 5.99. The van der Waals surface area contributed by atoms with Crippen LogP contribution >= 0.6 is 0 Å². The molecule has 1 aromatic carbocycles. The Hall–Kier alpha value is -2.87. The van der Waals surface area contributed by atoms with E-state index in [4.69, 9.17) is 0 Å². The van der Waals surface area contributed by atoms with Crippen LogP contribution in [0.15, 0.2) is 35.5 Å². The molecule has 3 rings (SSSR count). The number of urea groups is 1. The van der Waals surface area contributed by atoms with Crippen molar-refractivity contribution < 1.29 is 14.4 Å². The summed E-state index contributed by atoms with van der Waals surface area (Å²) in [7, 11) is 3.88. The Morgan fingerprint density at radius 1 is 1.29 bits per heavy atom. The molecule has 8 nitrogen and oxygen atoms in total. The van der Waals surface area contributed by atoms with Gasteiger partial charge in [-0.2, -0.15) is 0 Å². The summed E-state index contributed by atoms with van der Waals surface area (Å²) in [6, 6.07) is 7.03. The molecule has 2 N–H and O–H groups in total. The third kappa shape index (κ3) is 4.30. The molecule has 0 aromatic heterocycles. The monoisotopic (exact) mass is 427 g/mol. The number of rotatable bonds is 7. The topological polar surface area (TPSA) is 85.0 Å². The van der Waals surface area contributed by atoms with Crippen LogP contribution in [0.1, 0.15) is 37.9 Å². The van der Waals surface area contributed by atoms with E-state index in [1.165, 1.54) is 0 Å². The number of benzene rings is 1. The van der Waals surface area contributed by atoms with E-state index in [0.717, 1.165) is 11.1 Å². The number of nitrogens with one attached hydrogen (secondary N) is 2. The van der Waals surface area contributed by atoms with Crippen molar-refractivity contribution in [3.05, 3.63) is 46.7 Å². The van der Waals surface area contributed by atoms with Gasteiger partial charge in [0.2, 0.25) is 5.91 Å². The maximum absolute atomic E-state index is 13.6. The number of amides is 4. The second-order valence-corrected chi connectivity index (χ2v) is 8.91. The first-order valence-corrected chi connectivity index (χ1v) is 10.7. The summed E-state index contributed by atoms with van der Waals surface area (Å²) in [6.07, 6.45) is 0. The second-order valence-electron chi connectivity index (χ2n) is 8.91. The summed E-state index contributed by atoms with van der Waals surface area (Å²) in [5, 5.41) is 5.91. The largest absolute Gasteiger partial charge is 0.353 e. The van der Waals surface area contributed by atoms with Gasteiger partial charge in [0.1, 0.15) is 5.54 Å². The van der Waals surface area contributed by atoms with Gasteiger partial charge in [0.05, 0.1) is 23.9 Å². The van der Waals surface area contributed by atoms with Gasteiger partial charge in [0, 0.05) is 19.6 Å². The molecule has 1 aromatic rings. The summed E-state index contributed by atoms with van der Waals surface area (Å²) in [5.41, 5.74) is 2.08. The SMILES string of the molecule is CCN1C(=O)NC(c2cccc(C)c2)C2=C1CN(C(C)(C)C(=O)NCCN(C)C)C2=O. The van der Waals surface area contributed by atoms with Crippen molar-refractivity contribution in [2.75, 3.05) is 40.3 Å². The van der Waals surface area contributed by atoms with E-state index >= 15 is 0 Å². The zero-order valence-electron chi connectivity index (χ0n) is 19.3. The van der Waals surface area contributed by atoms with Crippen molar-refractivity contribution in [2.24, 2.45) is 0 Å². The number of hydrogen-bond donors (Lipinski definition) is 2. The van der Waals surface area contributed by atoms with Crippen molar-refractivity contribution in [2.45, 2.75) is 39.3 Å². The molecule has 0 radical (unpaired) electrons. The molecule has 0 fully saturated rings. The minimum Gasteiger partial charge on any atom is -0.353 e. The Balaban J connectivity index is 1.92. The van der Waals surface area contributed by atoms with Crippen LogP contribution in [0, 0.1) is 6.92 Å². The summed E-state index contributed by atoms with van der Waals surface area (Å²) in [6.45, 7) is 9.24. The Morgan fingerprint density at radius 3 is 2.61 bits per heavy atom. The molecule has 0 spiro atoms. The van der Waals surface area contributed by atoms with Gasteiger partial charge in [-0.1, -0.05) is 29.8 Å². The highest BCUT2D eigenvalue weighted by atomic mass is 16.2. The Bertz CT molecular complexity index is 922. The Labute approximate surface area is 184 Å². The quantitative estimate of drug-likeness (QED) is 0.693. The van der Waals surface area contributed by atoms with Gasteiger partial charge in [-0.05, 0) is 47.4 Å². The highest BCUT2D eigenvalue weighted by Crippen LogP contribution is 2.38. The van der Waals surface area contributed by atoms with Gasteiger partial charge in [0.15, 0.2) is 0 Å². The van der Waals surface area contributed by atoms with Gasteiger partial charge in [-0.15, -0.1) is 0 Å². The van der Waals surface area contributed by atoms with Crippen LogP contribution < -0.4 is 10.6 Å². The highest BCUT2D eigenvalue weighted by molar-refractivity contribution is 6.04. The first kappa shape index (κ1) is 22.8. The normalized spacial score (nSPS) is 19.1. The number of nitrogens with zero attached hydrogens (tertiary/aromatic N) is 3. The smallest absolute Gasteiger partial charge is 0.322 e. The molecule has 1 atom stereocenters. The zero-order chi connectivity index (χ0) is 22.9. The lowest BCUT2D eigenvalue weighted by Gasteiger charge is -2.35. The van der Waals surface area contributed by atoms with E-state index in [9.17, 15) is 14.4 Å². The molecule has 1 unspecified atom stereocenters. The number of aryl methyl sites for hydroxylation is 1. The molecule has 2 aliphatic heterocycles. The van der Waals surface area contributed by atoms with Crippen LogP contribution in [-0.4, -0.2) is 78.4 Å². The van der Waals surface area contributed by atoms with E-state index in [-0.39, 0.29) is 24.4 Å². The van der Waals surface area contributed by atoms with Gasteiger partial charge in [-0.25, -0.2) is 4.79 Å². The predicted molar refractivity (Wildman–Crippen MR) is 119 cm³/mol. The zero-order valence-corrected chi connectivity index (χ0v) is 19.3. The van der Waals surface area contributed by atoms with Crippen molar-refractivity contribution in [1.29, 1.82) is 0 Å². The summed E-state index contributed by atoms with van der Waals surface area (Å²) >= 11 is 0. The molecule has 0 aliphatic carbocycles.